The summed E-state index contributed by atoms with van der Waals surface area (Å²) in [5.74, 6) is 0.453. The molecule has 0 amide bonds. The second kappa shape index (κ2) is 6.62. The molecule has 0 bridgehead atoms. The van der Waals surface area contributed by atoms with E-state index in [4.69, 9.17) is 0 Å². The Labute approximate surface area is 136 Å². The molecule has 4 nitrogen and oxygen atoms in total. The summed E-state index contributed by atoms with van der Waals surface area (Å²) in [7, 11) is 0. The van der Waals surface area contributed by atoms with E-state index in [-0.39, 0.29) is 11.9 Å². The normalized spacial score (nSPS) is 19.1. The molecule has 0 aliphatic carbocycles. The van der Waals surface area contributed by atoms with Crippen LogP contribution >= 0.6 is 0 Å². The Kier molecular flexibility index (Phi) is 4.57. The van der Waals surface area contributed by atoms with Gasteiger partial charge in [0.25, 0.3) is 0 Å². The first-order valence-electron chi connectivity index (χ1n) is 8.05. The zero-order valence-electron chi connectivity index (χ0n) is 13.5. The molecule has 1 aliphatic heterocycles. The maximum absolute atomic E-state index is 13.0. The van der Waals surface area contributed by atoms with Crippen LogP contribution in [0.5, 0.6) is 0 Å². The van der Waals surface area contributed by atoms with Crippen LogP contribution in [0.25, 0.3) is 0 Å². The zero-order chi connectivity index (χ0) is 16.4. The van der Waals surface area contributed by atoms with E-state index < -0.39 is 6.10 Å². The molecule has 5 heteroatoms. The molecule has 0 radical (unpaired) electrons. The van der Waals surface area contributed by atoms with Crippen molar-refractivity contribution in [2.24, 2.45) is 0 Å². The van der Waals surface area contributed by atoms with E-state index in [1.165, 1.54) is 12.1 Å². The Morgan fingerprint density at radius 3 is 2.74 bits per heavy atom. The predicted molar refractivity (Wildman–Crippen MR) is 87.9 cm³/mol. The molecule has 1 saturated heterocycles. The summed E-state index contributed by atoms with van der Waals surface area (Å²) in [6.07, 6.45) is 3.92. The average molecular weight is 315 g/mol. The molecular formula is C18H22FN3O. The molecule has 0 saturated carbocycles. The van der Waals surface area contributed by atoms with Crippen molar-refractivity contribution < 1.29 is 9.50 Å². The van der Waals surface area contributed by atoms with E-state index in [0.29, 0.717) is 6.42 Å². The van der Waals surface area contributed by atoms with E-state index in [2.05, 4.69) is 14.9 Å². The van der Waals surface area contributed by atoms with Crippen molar-refractivity contribution in [3.8, 4) is 0 Å². The van der Waals surface area contributed by atoms with Gasteiger partial charge >= 0.3 is 0 Å². The van der Waals surface area contributed by atoms with Crippen molar-refractivity contribution in [1.82, 2.24) is 9.97 Å². The van der Waals surface area contributed by atoms with Gasteiger partial charge < -0.3 is 10.0 Å². The number of hydrogen-bond acceptors (Lipinski definition) is 4. The fourth-order valence-corrected chi connectivity index (χ4v) is 3.08. The Morgan fingerprint density at radius 1 is 1.30 bits per heavy atom. The molecule has 2 aromatic rings. The van der Waals surface area contributed by atoms with Gasteiger partial charge in [0.2, 0.25) is 5.95 Å². The minimum absolute atomic E-state index is 0.206. The molecule has 1 aromatic heterocycles. The zero-order valence-corrected chi connectivity index (χ0v) is 13.5. The minimum Gasteiger partial charge on any atom is -0.388 e. The van der Waals surface area contributed by atoms with Crippen LogP contribution in [-0.2, 0) is 0 Å². The molecule has 122 valence electrons. The molecule has 1 fully saturated rings. The number of aryl methyl sites for hydroxylation is 2. The van der Waals surface area contributed by atoms with Crippen LogP contribution in [-0.4, -0.2) is 27.7 Å². The number of aliphatic hydroxyl groups excluding tert-OH is 1. The summed E-state index contributed by atoms with van der Waals surface area (Å²) in [5.41, 5.74) is 2.81. The Morgan fingerprint density at radius 2 is 2.04 bits per heavy atom. The lowest BCUT2D eigenvalue weighted by Crippen LogP contribution is -2.32. The fraction of sp³-hybridized carbons (Fsp3) is 0.444. The summed E-state index contributed by atoms with van der Waals surface area (Å²) in [5, 5.41) is 10.4. The van der Waals surface area contributed by atoms with E-state index in [0.717, 1.165) is 42.2 Å². The first-order valence-corrected chi connectivity index (χ1v) is 8.05. The van der Waals surface area contributed by atoms with Crippen LogP contribution in [0.1, 0.15) is 42.2 Å². The third-order valence-electron chi connectivity index (χ3n) is 4.60. The number of anilines is 1. The summed E-state index contributed by atoms with van der Waals surface area (Å²) < 4.78 is 13.0. The summed E-state index contributed by atoms with van der Waals surface area (Å²) in [6.45, 7) is 4.89. The van der Waals surface area contributed by atoms with E-state index in [9.17, 15) is 9.50 Å². The van der Waals surface area contributed by atoms with Gasteiger partial charge in [-0.25, -0.2) is 14.4 Å². The van der Waals surface area contributed by atoms with Gasteiger partial charge in [0.15, 0.2) is 0 Å². The molecule has 23 heavy (non-hydrogen) atoms. The third kappa shape index (κ3) is 3.50. The highest BCUT2D eigenvalue weighted by atomic mass is 19.1. The largest absolute Gasteiger partial charge is 0.388 e. The highest BCUT2D eigenvalue weighted by Crippen LogP contribution is 2.30. The van der Waals surface area contributed by atoms with Crippen LogP contribution in [0.2, 0.25) is 0 Å². The second-order valence-corrected chi connectivity index (χ2v) is 6.23. The number of benzene rings is 1. The quantitative estimate of drug-likeness (QED) is 0.940. The summed E-state index contributed by atoms with van der Waals surface area (Å²) >= 11 is 0. The molecule has 0 spiro atoms. The molecule has 0 unspecified atom stereocenters. The lowest BCUT2D eigenvalue weighted by Gasteiger charge is -2.27. The fourth-order valence-electron chi connectivity index (χ4n) is 3.08. The maximum Gasteiger partial charge on any atom is 0.225 e. The average Bonchev–Trinajstić information content (AvgIpc) is 2.99. The molecule has 3 rings (SSSR count). The van der Waals surface area contributed by atoms with Crippen molar-refractivity contribution in [3.05, 3.63) is 53.1 Å². The number of aromatic nitrogens is 2. The monoisotopic (exact) mass is 315 g/mol. The number of halogens is 1. The summed E-state index contributed by atoms with van der Waals surface area (Å²) in [6, 6.07) is 6.27. The number of hydrogen-bond donors (Lipinski definition) is 1. The van der Waals surface area contributed by atoms with Crippen LogP contribution in [0.3, 0.4) is 0 Å². The van der Waals surface area contributed by atoms with Crippen LogP contribution in [0.15, 0.2) is 30.5 Å². The van der Waals surface area contributed by atoms with E-state index in [1.807, 2.05) is 20.0 Å². The minimum atomic E-state index is -0.604. The predicted octanol–water partition coefficient (Wildman–Crippen LogP) is 3.33. The smallest absolute Gasteiger partial charge is 0.225 e. The van der Waals surface area contributed by atoms with Gasteiger partial charge in [0.05, 0.1) is 6.10 Å². The topological polar surface area (TPSA) is 49.2 Å². The van der Waals surface area contributed by atoms with Crippen LogP contribution < -0.4 is 4.90 Å². The molecule has 1 aliphatic rings. The first kappa shape index (κ1) is 15.9. The van der Waals surface area contributed by atoms with E-state index in [1.54, 1.807) is 12.1 Å². The molecule has 1 aromatic carbocycles. The van der Waals surface area contributed by atoms with E-state index >= 15 is 0 Å². The van der Waals surface area contributed by atoms with Crippen molar-refractivity contribution in [2.45, 2.75) is 45.3 Å². The highest BCUT2D eigenvalue weighted by Gasteiger charge is 2.29. The lowest BCUT2D eigenvalue weighted by atomic mass is 10.0. The van der Waals surface area contributed by atoms with Crippen molar-refractivity contribution in [3.63, 3.8) is 0 Å². The Bertz CT molecular complexity index is 674. The number of nitrogens with zero attached hydrogens (tertiary/aromatic N) is 3. The van der Waals surface area contributed by atoms with Gasteiger partial charge in [0.1, 0.15) is 5.82 Å². The van der Waals surface area contributed by atoms with Crippen LogP contribution in [0, 0.1) is 19.7 Å². The van der Waals surface area contributed by atoms with Gasteiger partial charge in [-0.15, -0.1) is 0 Å². The van der Waals surface area contributed by atoms with Gasteiger partial charge in [-0.2, -0.15) is 0 Å². The molecule has 2 heterocycles. The van der Waals surface area contributed by atoms with Gasteiger partial charge in [-0.1, -0.05) is 12.1 Å². The summed E-state index contributed by atoms with van der Waals surface area (Å²) in [4.78, 5) is 11.2. The molecular weight excluding hydrogens is 293 g/mol. The molecule has 2 atom stereocenters. The Balaban J connectivity index is 1.73. The van der Waals surface area contributed by atoms with Crippen molar-refractivity contribution in [2.75, 3.05) is 11.4 Å². The van der Waals surface area contributed by atoms with Gasteiger partial charge in [0, 0.05) is 24.5 Å². The standard InChI is InChI=1S/C18H22FN3O/c1-12-11-20-18(21-13(12)2)22-9-3-4-16(22)10-17(23)14-5-7-15(19)8-6-14/h5-8,11,16-17,23H,3-4,9-10H2,1-2H3/t16-,17+/m1/s1. The SMILES string of the molecule is Cc1cnc(N2CCC[C@@H]2C[C@H](O)c2ccc(F)cc2)nc1C. The Hall–Kier alpha value is -2.01. The maximum atomic E-state index is 13.0. The van der Waals surface area contributed by atoms with Gasteiger partial charge in [-0.3, -0.25) is 0 Å². The molecule has 1 N–H and O–H groups in total. The second-order valence-electron chi connectivity index (χ2n) is 6.23. The van der Waals surface area contributed by atoms with Crippen molar-refractivity contribution >= 4 is 5.95 Å². The lowest BCUT2D eigenvalue weighted by molar-refractivity contribution is 0.158. The first-order chi connectivity index (χ1) is 11.0. The number of aliphatic hydroxyl groups is 1. The van der Waals surface area contributed by atoms with Crippen LogP contribution in [0.4, 0.5) is 10.3 Å². The number of rotatable bonds is 4. The highest BCUT2D eigenvalue weighted by molar-refractivity contribution is 5.36. The van der Waals surface area contributed by atoms with Gasteiger partial charge in [-0.05, 0) is 56.4 Å². The third-order valence-corrected chi connectivity index (χ3v) is 4.60. The van der Waals surface area contributed by atoms with Crippen molar-refractivity contribution in [1.29, 1.82) is 0 Å².